The van der Waals surface area contributed by atoms with E-state index in [4.69, 9.17) is 5.11 Å². The van der Waals surface area contributed by atoms with Crippen molar-refractivity contribution < 1.29 is 14.3 Å². The predicted molar refractivity (Wildman–Crippen MR) is 75.1 cm³/mol. The Morgan fingerprint density at radius 3 is 2.95 bits per heavy atom. The van der Waals surface area contributed by atoms with Gasteiger partial charge in [-0.1, -0.05) is 12.1 Å². The van der Waals surface area contributed by atoms with Crippen molar-refractivity contribution in [1.29, 1.82) is 0 Å². The van der Waals surface area contributed by atoms with Crippen molar-refractivity contribution >= 4 is 17.5 Å². The lowest BCUT2D eigenvalue weighted by atomic mass is 10.0. The van der Waals surface area contributed by atoms with Gasteiger partial charge >= 0.3 is 5.97 Å². The summed E-state index contributed by atoms with van der Waals surface area (Å²) in [5.41, 5.74) is 1.66. The molecular weight excluding hydrogens is 279 g/mol. The van der Waals surface area contributed by atoms with Gasteiger partial charge in [-0.15, -0.1) is 0 Å². The number of rotatable bonds is 6. The Bertz CT molecular complexity index is 600. The first-order valence-electron chi connectivity index (χ1n) is 6.17. The number of aliphatic carboxylic acids is 1. The standard InChI is InChI=1S/C14H15FN2O2S/c1-9-11(8-17-20-9)7-16-13(6-14(18)19)10-3-2-4-12(15)5-10/h2-5,8,13,16H,6-7H2,1H3,(H,18,19). The van der Waals surface area contributed by atoms with Crippen LogP contribution in [0.15, 0.2) is 30.5 Å². The molecule has 1 heterocycles. The van der Waals surface area contributed by atoms with E-state index in [1.807, 2.05) is 6.92 Å². The molecule has 6 heteroatoms. The van der Waals surface area contributed by atoms with Crippen molar-refractivity contribution in [1.82, 2.24) is 9.69 Å². The third-order valence-electron chi connectivity index (χ3n) is 3.02. The maximum atomic E-state index is 13.3. The van der Waals surface area contributed by atoms with Crippen LogP contribution in [0, 0.1) is 12.7 Å². The van der Waals surface area contributed by atoms with Gasteiger partial charge in [0.05, 0.1) is 6.42 Å². The minimum atomic E-state index is -0.924. The van der Waals surface area contributed by atoms with Gasteiger partial charge in [0.1, 0.15) is 5.82 Å². The fourth-order valence-electron chi connectivity index (χ4n) is 1.93. The molecule has 106 valence electrons. The number of nitrogens with zero attached hydrogens (tertiary/aromatic N) is 1. The van der Waals surface area contributed by atoms with Crippen LogP contribution in [0.25, 0.3) is 0 Å². The number of aromatic nitrogens is 1. The lowest BCUT2D eigenvalue weighted by molar-refractivity contribution is -0.137. The number of hydrogen-bond acceptors (Lipinski definition) is 4. The van der Waals surface area contributed by atoms with Gasteiger partial charge in [0.25, 0.3) is 0 Å². The van der Waals surface area contributed by atoms with Gasteiger partial charge in [0, 0.05) is 23.7 Å². The van der Waals surface area contributed by atoms with Crippen LogP contribution in [0.2, 0.25) is 0 Å². The normalized spacial score (nSPS) is 12.3. The Morgan fingerprint density at radius 2 is 2.35 bits per heavy atom. The first-order chi connectivity index (χ1) is 9.56. The van der Waals surface area contributed by atoms with Crippen LogP contribution in [-0.4, -0.2) is 15.4 Å². The maximum Gasteiger partial charge on any atom is 0.305 e. The molecule has 1 atom stereocenters. The molecule has 0 spiro atoms. The topological polar surface area (TPSA) is 62.2 Å². The van der Waals surface area contributed by atoms with E-state index in [1.54, 1.807) is 18.3 Å². The largest absolute Gasteiger partial charge is 0.481 e. The minimum absolute atomic E-state index is 0.0972. The first-order valence-corrected chi connectivity index (χ1v) is 6.94. The molecule has 0 radical (unpaired) electrons. The Morgan fingerprint density at radius 1 is 1.55 bits per heavy atom. The highest BCUT2D eigenvalue weighted by Crippen LogP contribution is 2.20. The molecule has 1 unspecified atom stereocenters. The van der Waals surface area contributed by atoms with Gasteiger partial charge in [-0.05, 0) is 41.7 Å². The molecule has 0 aliphatic heterocycles. The van der Waals surface area contributed by atoms with E-state index in [9.17, 15) is 9.18 Å². The Kier molecular flexibility index (Phi) is 4.81. The Hall–Kier alpha value is -1.79. The molecule has 4 nitrogen and oxygen atoms in total. The molecule has 0 aliphatic rings. The van der Waals surface area contributed by atoms with Crippen molar-refractivity contribution in [3.05, 3.63) is 52.3 Å². The second-order valence-electron chi connectivity index (χ2n) is 4.49. The van der Waals surface area contributed by atoms with Crippen LogP contribution in [0.4, 0.5) is 4.39 Å². The Labute approximate surface area is 120 Å². The average molecular weight is 294 g/mol. The van der Waals surface area contributed by atoms with E-state index < -0.39 is 12.0 Å². The van der Waals surface area contributed by atoms with Crippen LogP contribution in [0.1, 0.15) is 28.5 Å². The zero-order chi connectivity index (χ0) is 14.5. The van der Waals surface area contributed by atoms with Crippen LogP contribution < -0.4 is 5.32 Å². The summed E-state index contributed by atoms with van der Waals surface area (Å²) in [7, 11) is 0. The summed E-state index contributed by atoms with van der Waals surface area (Å²) in [6.45, 7) is 2.47. The van der Waals surface area contributed by atoms with Gasteiger partial charge in [-0.3, -0.25) is 4.79 Å². The number of nitrogens with one attached hydrogen (secondary N) is 1. The highest BCUT2D eigenvalue weighted by Gasteiger charge is 2.16. The molecular formula is C14H15FN2O2S. The van der Waals surface area contributed by atoms with E-state index >= 15 is 0 Å². The summed E-state index contributed by atoms with van der Waals surface area (Å²) in [5, 5.41) is 12.1. The second-order valence-corrected chi connectivity index (χ2v) is 5.50. The van der Waals surface area contributed by atoms with Crippen molar-refractivity contribution in [2.24, 2.45) is 0 Å². The third-order valence-corrected chi connectivity index (χ3v) is 3.77. The van der Waals surface area contributed by atoms with Gasteiger partial charge < -0.3 is 10.4 Å². The van der Waals surface area contributed by atoms with Gasteiger partial charge in [0.15, 0.2) is 0 Å². The number of halogens is 1. The molecule has 2 rings (SSSR count). The third kappa shape index (κ3) is 3.85. The van der Waals surface area contributed by atoms with E-state index in [0.717, 1.165) is 10.4 Å². The quantitative estimate of drug-likeness (QED) is 0.860. The molecule has 1 aromatic heterocycles. The highest BCUT2D eigenvalue weighted by molar-refractivity contribution is 7.05. The van der Waals surface area contributed by atoms with Crippen LogP contribution >= 0.6 is 11.5 Å². The number of benzene rings is 1. The van der Waals surface area contributed by atoms with Gasteiger partial charge in [-0.25, -0.2) is 8.76 Å². The van der Waals surface area contributed by atoms with Crippen LogP contribution in [-0.2, 0) is 11.3 Å². The highest BCUT2D eigenvalue weighted by atomic mass is 32.1. The van der Waals surface area contributed by atoms with Gasteiger partial charge in [-0.2, -0.15) is 0 Å². The molecule has 20 heavy (non-hydrogen) atoms. The Balaban J connectivity index is 2.11. The van der Waals surface area contributed by atoms with Crippen LogP contribution in [0.3, 0.4) is 0 Å². The van der Waals surface area contributed by atoms with Crippen molar-refractivity contribution in [2.75, 3.05) is 0 Å². The molecule has 1 aromatic carbocycles. The van der Waals surface area contributed by atoms with Crippen molar-refractivity contribution in [3.8, 4) is 0 Å². The molecule has 0 amide bonds. The number of carboxylic acids is 1. The summed E-state index contributed by atoms with van der Waals surface area (Å²) >= 11 is 1.40. The summed E-state index contributed by atoms with van der Waals surface area (Å²) in [6.07, 6.45) is 1.66. The number of aryl methyl sites for hydroxylation is 1. The average Bonchev–Trinajstić information content (AvgIpc) is 2.80. The van der Waals surface area contributed by atoms with E-state index in [2.05, 4.69) is 9.69 Å². The fraction of sp³-hybridized carbons (Fsp3) is 0.286. The molecule has 2 N–H and O–H groups in total. The fourth-order valence-corrected chi connectivity index (χ4v) is 2.51. The summed E-state index contributed by atoms with van der Waals surface area (Å²) < 4.78 is 17.3. The van der Waals surface area contributed by atoms with Crippen molar-refractivity contribution in [2.45, 2.75) is 25.9 Å². The zero-order valence-electron chi connectivity index (χ0n) is 11.0. The molecule has 0 bridgehead atoms. The summed E-state index contributed by atoms with van der Waals surface area (Å²) in [6, 6.07) is 5.58. The molecule has 0 saturated heterocycles. The summed E-state index contributed by atoms with van der Waals surface area (Å²) in [4.78, 5) is 12.0. The minimum Gasteiger partial charge on any atom is -0.481 e. The predicted octanol–water partition coefficient (Wildman–Crippen LogP) is 2.90. The lowest BCUT2D eigenvalue weighted by Gasteiger charge is -2.17. The van der Waals surface area contributed by atoms with Crippen molar-refractivity contribution in [3.63, 3.8) is 0 Å². The number of carbonyl (C=O) groups is 1. The monoisotopic (exact) mass is 294 g/mol. The van der Waals surface area contributed by atoms with Gasteiger partial charge in [0.2, 0.25) is 0 Å². The first kappa shape index (κ1) is 14.6. The van der Waals surface area contributed by atoms with E-state index in [-0.39, 0.29) is 12.2 Å². The number of hydrogen-bond donors (Lipinski definition) is 2. The molecule has 0 aliphatic carbocycles. The maximum absolute atomic E-state index is 13.3. The smallest absolute Gasteiger partial charge is 0.305 e. The van der Waals surface area contributed by atoms with E-state index in [0.29, 0.717) is 12.1 Å². The summed E-state index contributed by atoms with van der Waals surface area (Å²) in [5.74, 6) is -1.29. The molecule has 0 fully saturated rings. The SMILES string of the molecule is Cc1sncc1CNC(CC(=O)O)c1cccc(F)c1. The molecule has 0 saturated carbocycles. The zero-order valence-corrected chi connectivity index (χ0v) is 11.8. The van der Waals surface area contributed by atoms with E-state index in [1.165, 1.54) is 23.7 Å². The molecule has 2 aromatic rings. The lowest BCUT2D eigenvalue weighted by Crippen LogP contribution is -2.23. The number of carboxylic acid groups (broad SMARTS) is 1. The van der Waals surface area contributed by atoms with Crippen LogP contribution in [0.5, 0.6) is 0 Å². The second kappa shape index (κ2) is 6.58.